The number of hydrogen-bond donors (Lipinski definition) is 1. The molecule has 2 aromatic carbocycles. The van der Waals surface area contributed by atoms with Crippen LogP contribution >= 0.6 is 0 Å². The van der Waals surface area contributed by atoms with Crippen LogP contribution in [0, 0.1) is 0 Å². The molecule has 0 bridgehead atoms. The molecule has 5 nitrogen and oxygen atoms in total. The number of carbonyl (C=O) groups excluding carboxylic acids is 2. The second-order valence-corrected chi connectivity index (χ2v) is 5.16. The molecule has 0 heterocycles. The zero-order valence-corrected chi connectivity index (χ0v) is 13.8. The SMILES string of the molecule is CCOC(=O)c1cccc(OCC(=O)Nc2ccc(C(F)(F)F)cc2)c1. The number of benzene rings is 2. The normalized spacial score (nSPS) is 10.9. The Morgan fingerprint density at radius 1 is 1.08 bits per heavy atom. The van der Waals surface area contributed by atoms with Crippen LogP contribution in [0.2, 0.25) is 0 Å². The summed E-state index contributed by atoms with van der Waals surface area (Å²) in [6.07, 6.45) is -4.43. The summed E-state index contributed by atoms with van der Waals surface area (Å²) in [5.41, 5.74) is -0.304. The van der Waals surface area contributed by atoms with Gasteiger partial charge >= 0.3 is 12.1 Å². The summed E-state index contributed by atoms with van der Waals surface area (Å²) < 4.78 is 47.6. The maximum Gasteiger partial charge on any atom is 0.416 e. The second-order valence-electron chi connectivity index (χ2n) is 5.16. The first-order valence-corrected chi connectivity index (χ1v) is 7.66. The van der Waals surface area contributed by atoms with Crippen molar-refractivity contribution in [2.24, 2.45) is 0 Å². The van der Waals surface area contributed by atoms with Crippen LogP contribution in [0.4, 0.5) is 18.9 Å². The van der Waals surface area contributed by atoms with Crippen LogP contribution in [0.25, 0.3) is 0 Å². The number of rotatable bonds is 6. The van der Waals surface area contributed by atoms with E-state index in [2.05, 4.69) is 5.32 Å². The molecular weight excluding hydrogens is 351 g/mol. The molecule has 2 rings (SSSR count). The standard InChI is InChI=1S/C18H16F3NO4/c1-2-25-17(24)12-4-3-5-15(10-12)26-11-16(23)22-14-8-6-13(7-9-14)18(19,20)21/h3-10H,2,11H2,1H3,(H,22,23). The number of ether oxygens (including phenoxy) is 2. The molecule has 2 aromatic rings. The van der Waals surface area contributed by atoms with Crippen LogP contribution in [0.3, 0.4) is 0 Å². The van der Waals surface area contributed by atoms with E-state index in [0.717, 1.165) is 24.3 Å². The van der Waals surface area contributed by atoms with Crippen molar-refractivity contribution >= 4 is 17.6 Å². The van der Waals surface area contributed by atoms with E-state index in [0.29, 0.717) is 0 Å². The lowest BCUT2D eigenvalue weighted by atomic mass is 10.2. The van der Waals surface area contributed by atoms with Crippen LogP contribution in [0.1, 0.15) is 22.8 Å². The molecule has 0 fully saturated rings. The van der Waals surface area contributed by atoms with Crippen molar-refractivity contribution in [1.82, 2.24) is 0 Å². The van der Waals surface area contributed by atoms with E-state index in [1.165, 1.54) is 6.07 Å². The fourth-order valence-electron chi connectivity index (χ4n) is 2.02. The minimum Gasteiger partial charge on any atom is -0.484 e. The van der Waals surface area contributed by atoms with Gasteiger partial charge in [0, 0.05) is 5.69 Å². The van der Waals surface area contributed by atoms with Gasteiger partial charge in [0.25, 0.3) is 5.91 Å². The average molecular weight is 367 g/mol. The highest BCUT2D eigenvalue weighted by molar-refractivity contribution is 5.92. The van der Waals surface area contributed by atoms with Crippen molar-refractivity contribution in [3.63, 3.8) is 0 Å². The molecule has 0 aliphatic carbocycles. The molecule has 0 saturated carbocycles. The third-order valence-electron chi connectivity index (χ3n) is 3.21. The van der Waals surface area contributed by atoms with Gasteiger partial charge in [-0.3, -0.25) is 4.79 Å². The molecular formula is C18H16F3NO4. The number of anilines is 1. The van der Waals surface area contributed by atoms with Crippen molar-refractivity contribution in [2.45, 2.75) is 13.1 Å². The largest absolute Gasteiger partial charge is 0.484 e. The van der Waals surface area contributed by atoms with Crippen molar-refractivity contribution in [3.8, 4) is 5.75 Å². The molecule has 0 unspecified atom stereocenters. The Morgan fingerprint density at radius 2 is 1.77 bits per heavy atom. The predicted octanol–water partition coefficient (Wildman–Crippen LogP) is 3.90. The first-order chi connectivity index (χ1) is 12.3. The van der Waals surface area contributed by atoms with Gasteiger partial charge < -0.3 is 14.8 Å². The molecule has 26 heavy (non-hydrogen) atoms. The van der Waals surface area contributed by atoms with E-state index in [1.807, 2.05) is 0 Å². The Hall–Kier alpha value is -3.03. The smallest absolute Gasteiger partial charge is 0.416 e. The highest BCUT2D eigenvalue weighted by Gasteiger charge is 2.29. The number of nitrogens with one attached hydrogen (secondary N) is 1. The van der Waals surface area contributed by atoms with Gasteiger partial charge in [-0.25, -0.2) is 4.79 Å². The summed E-state index contributed by atoms with van der Waals surface area (Å²) in [5.74, 6) is -0.767. The lowest BCUT2D eigenvalue weighted by Gasteiger charge is -2.10. The first-order valence-electron chi connectivity index (χ1n) is 7.66. The fraction of sp³-hybridized carbons (Fsp3) is 0.222. The summed E-state index contributed by atoms with van der Waals surface area (Å²) >= 11 is 0. The molecule has 8 heteroatoms. The van der Waals surface area contributed by atoms with Crippen molar-refractivity contribution in [1.29, 1.82) is 0 Å². The Bertz CT molecular complexity index is 773. The van der Waals surface area contributed by atoms with E-state index in [9.17, 15) is 22.8 Å². The number of esters is 1. The minimum absolute atomic E-state index is 0.215. The molecule has 0 aromatic heterocycles. The van der Waals surface area contributed by atoms with Gasteiger partial charge in [0.1, 0.15) is 5.75 Å². The highest BCUT2D eigenvalue weighted by atomic mass is 19.4. The Kier molecular flexibility index (Phi) is 6.21. The number of alkyl halides is 3. The lowest BCUT2D eigenvalue weighted by molar-refractivity contribution is -0.137. The molecule has 0 atom stereocenters. The van der Waals surface area contributed by atoms with Crippen LogP contribution in [-0.4, -0.2) is 25.1 Å². The molecule has 0 spiro atoms. The molecule has 1 N–H and O–H groups in total. The van der Waals surface area contributed by atoms with E-state index in [1.54, 1.807) is 25.1 Å². The van der Waals surface area contributed by atoms with E-state index < -0.39 is 23.6 Å². The fourth-order valence-corrected chi connectivity index (χ4v) is 2.02. The van der Waals surface area contributed by atoms with Crippen molar-refractivity contribution in [3.05, 3.63) is 59.7 Å². The maximum absolute atomic E-state index is 12.5. The van der Waals surface area contributed by atoms with Gasteiger partial charge in [-0.05, 0) is 49.4 Å². The summed E-state index contributed by atoms with van der Waals surface area (Å²) in [5, 5.41) is 2.43. The lowest BCUT2D eigenvalue weighted by Crippen LogP contribution is -2.20. The molecule has 0 radical (unpaired) electrons. The number of carbonyl (C=O) groups is 2. The topological polar surface area (TPSA) is 64.6 Å². The van der Waals surface area contributed by atoms with Crippen molar-refractivity contribution < 1.29 is 32.2 Å². The molecule has 138 valence electrons. The highest BCUT2D eigenvalue weighted by Crippen LogP contribution is 2.29. The number of amides is 1. The summed E-state index contributed by atoms with van der Waals surface area (Å²) in [6, 6.07) is 10.2. The maximum atomic E-state index is 12.5. The summed E-state index contributed by atoms with van der Waals surface area (Å²) in [4.78, 5) is 23.5. The van der Waals surface area contributed by atoms with Gasteiger partial charge in [0.2, 0.25) is 0 Å². The van der Waals surface area contributed by atoms with E-state index in [4.69, 9.17) is 9.47 Å². The molecule has 0 aliphatic heterocycles. The van der Waals surface area contributed by atoms with Crippen LogP contribution in [-0.2, 0) is 15.7 Å². The Labute approximate surface area is 147 Å². The van der Waals surface area contributed by atoms with Crippen LogP contribution in [0.15, 0.2) is 48.5 Å². The third-order valence-corrected chi connectivity index (χ3v) is 3.21. The molecule has 1 amide bonds. The van der Waals surface area contributed by atoms with Gasteiger partial charge in [0.15, 0.2) is 6.61 Å². The van der Waals surface area contributed by atoms with E-state index >= 15 is 0 Å². The molecule has 0 saturated heterocycles. The third kappa shape index (κ3) is 5.51. The van der Waals surface area contributed by atoms with Crippen LogP contribution in [0.5, 0.6) is 5.75 Å². The summed E-state index contributed by atoms with van der Waals surface area (Å²) in [7, 11) is 0. The Morgan fingerprint density at radius 3 is 2.38 bits per heavy atom. The monoisotopic (exact) mass is 367 g/mol. The number of hydrogen-bond acceptors (Lipinski definition) is 4. The van der Waals surface area contributed by atoms with Gasteiger partial charge in [-0.1, -0.05) is 6.07 Å². The van der Waals surface area contributed by atoms with E-state index in [-0.39, 0.29) is 30.2 Å². The predicted molar refractivity (Wildman–Crippen MR) is 88.0 cm³/mol. The Balaban J connectivity index is 1.91. The van der Waals surface area contributed by atoms with Gasteiger partial charge in [-0.2, -0.15) is 13.2 Å². The van der Waals surface area contributed by atoms with Crippen LogP contribution < -0.4 is 10.1 Å². The first kappa shape index (κ1) is 19.3. The van der Waals surface area contributed by atoms with Gasteiger partial charge in [-0.15, -0.1) is 0 Å². The zero-order chi connectivity index (χ0) is 19.2. The summed E-state index contributed by atoms with van der Waals surface area (Å²) in [6.45, 7) is 1.55. The number of halogens is 3. The van der Waals surface area contributed by atoms with Crippen molar-refractivity contribution in [2.75, 3.05) is 18.5 Å². The quantitative estimate of drug-likeness (QED) is 0.787. The zero-order valence-electron chi connectivity index (χ0n) is 13.8. The average Bonchev–Trinajstić information content (AvgIpc) is 2.60. The minimum atomic E-state index is -4.43. The van der Waals surface area contributed by atoms with Gasteiger partial charge in [0.05, 0.1) is 17.7 Å². The second kappa shape index (κ2) is 8.37. The molecule has 0 aliphatic rings.